The largest absolute Gasteiger partial charge is 0.504 e. The molecule has 1 aliphatic rings. The lowest BCUT2D eigenvalue weighted by Gasteiger charge is -2.22. The molecule has 1 atom stereocenters. The lowest BCUT2D eigenvalue weighted by molar-refractivity contribution is 0.155. The third kappa shape index (κ3) is 3.02. The Morgan fingerprint density at radius 1 is 1.23 bits per heavy atom. The average Bonchev–Trinajstić information content (AvgIpc) is 2.66. The van der Waals surface area contributed by atoms with E-state index in [1.807, 2.05) is 30.3 Å². The summed E-state index contributed by atoms with van der Waals surface area (Å²) in [7, 11) is 1.57. The standard InChI is InChI=1S/C18H21NO3/c1-13-10-19(11-14-6-3-4-8-16(14)22-13)12-15-7-5-9-17(21-2)18(15)20/h3-9,13,20H,10-12H2,1-2H3. The quantitative estimate of drug-likeness (QED) is 0.945. The molecule has 0 bridgehead atoms. The van der Waals surface area contributed by atoms with Gasteiger partial charge in [0.2, 0.25) is 0 Å². The number of para-hydroxylation sites is 2. The summed E-state index contributed by atoms with van der Waals surface area (Å²) >= 11 is 0. The zero-order valence-corrected chi connectivity index (χ0v) is 13.0. The van der Waals surface area contributed by atoms with Gasteiger partial charge in [0.05, 0.1) is 7.11 Å². The van der Waals surface area contributed by atoms with Crippen molar-refractivity contribution in [1.82, 2.24) is 4.90 Å². The van der Waals surface area contributed by atoms with Crippen LogP contribution in [0.2, 0.25) is 0 Å². The average molecular weight is 299 g/mol. The molecule has 0 amide bonds. The first-order chi connectivity index (χ1) is 10.7. The third-order valence-corrected chi connectivity index (χ3v) is 3.91. The maximum atomic E-state index is 10.3. The number of phenols is 1. The highest BCUT2D eigenvalue weighted by Gasteiger charge is 2.21. The fourth-order valence-corrected chi connectivity index (χ4v) is 2.89. The second-order valence-corrected chi connectivity index (χ2v) is 5.67. The summed E-state index contributed by atoms with van der Waals surface area (Å²) in [4.78, 5) is 2.28. The number of rotatable bonds is 3. The minimum atomic E-state index is 0.108. The minimum Gasteiger partial charge on any atom is -0.504 e. The first-order valence-electron chi connectivity index (χ1n) is 7.49. The van der Waals surface area contributed by atoms with Crippen LogP contribution in [-0.4, -0.2) is 29.8 Å². The number of aromatic hydroxyl groups is 1. The van der Waals surface area contributed by atoms with Crippen LogP contribution in [0.1, 0.15) is 18.1 Å². The van der Waals surface area contributed by atoms with E-state index in [0.29, 0.717) is 12.3 Å². The molecule has 22 heavy (non-hydrogen) atoms. The zero-order chi connectivity index (χ0) is 15.5. The molecule has 4 heteroatoms. The van der Waals surface area contributed by atoms with Crippen LogP contribution < -0.4 is 9.47 Å². The van der Waals surface area contributed by atoms with Crippen molar-refractivity contribution in [3.63, 3.8) is 0 Å². The van der Waals surface area contributed by atoms with Gasteiger partial charge in [-0.1, -0.05) is 30.3 Å². The number of hydrogen-bond acceptors (Lipinski definition) is 4. The fourth-order valence-electron chi connectivity index (χ4n) is 2.89. The molecule has 0 fully saturated rings. The van der Waals surface area contributed by atoms with Crippen LogP contribution in [0.25, 0.3) is 0 Å². The van der Waals surface area contributed by atoms with E-state index in [9.17, 15) is 5.11 Å². The second kappa shape index (κ2) is 6.28. The van der Waals surface area contributed by atoms with Crippen LogP contribution >= 0.6 is 0 Å². The van der Waals surface area contributed by atoms with Crippen molar-refractivity contribution in [2.45, 2.75) is 26.1 Å². The van der Waals surface area contributed by atoms with Gasteiger partial charge in [0.25, 0.3) is 0 Å². The van der Waals surface area contributed by atoms with Crippen LogP contribution in [0.3, 0.4) is 0 Å². The Labute approximate surface area is 130 Å². The molecule has 2 aromatic rings. The third-order valence-electron chi connectivity index (χ3n) is 3.91. The molecule has 0 aliphatic carbocycles. The molecule has 3 rings (SSSR count). The number of methoxy groups -OCH3 is 1. The molecule has 0 saturated carbocycles. The van der Waals surface area contributed by atoms with E-state index < -0.39 is 0 Å². The number of fused-ring (bicyclic) bond motifs is 1. The highest BCUT2D eigenvalue weighted by molar-refractivity contribution is 5.45. The van der Waals surface area contributed by atoms with Gasteiger partial charge >= 0.3 is 0 Å². The molecule has 1 heterocycles. The molecule has 2 aromatic carbocycles. The Hall–Kier alpha value is -2.20. The van der Waals surface area contributed by atoms with Gasteiger partial charge in [-0.05, 0) is 19.1 Å². The summed E-state index contributed by atoms with van der Waals surface area (Å²) in [6.07, 6.45) is 0.108. The van der Waals surface area contributed by atoms with Crippen LogP contribution in [0.15, 0.2) is 42.5 Å². The van der Waals surface area contributed by atoms with E-state index in [4.69, 9.17) is 9.47 Å². The van der Waals surface area contributed by atoms with E-state index in [-0.39, 0.29) is 11.9 Å². The Bertz CT molecular complexity index is 657. The first kappa shape index (κ1) is 14.7. The molecule has 1 unspecified atom stereocenters. The SMILES string of the molecule is COc1cccc(CN2Cc3ccccc3OC(C)C2)c1O. The normalized spacial score (nSPS) is 18.2. The monoisotopic (exact) mass is 299 g/mol. The van der Waals surface area contributed by atoms with Crippen molar-refractivity contribution in [3.8, 4) is 17.2 Å². The summed E-state index contributed by atoms with van der Waals surface area (Å²) < 4.78 is 11.2. The molecule has 116 valence electrons. The Balaban J connectivity index is 1.84. The van der Waals surface area contributed by atoms with Gasteiger partial charge in [0.15, 0.2) is 11.5 Å². The van der Waals surface area contributed by atoms with Gasteiger partial charge in [0, 0.05) is 30.8 Å². The van der Waals surface area contributed by atoms with Gasteiger partial charge in [-0.3, -0.25) is 4.90 Å². The number of benzene rings is 2. The molecule has 0 aromatic heterocycles. The summed E-state index contributed by atoms with van der Waals surface area (Å²) in [6.45, 7) is 4.34. The molecule has 4 nitrogen and oxygen atoms in total. The van der Waals surface area contributed by atoms with Crippen LogP contribution in [-0.2, 0) is 13.1 Å². The topological polar surface area (TPSA) is 41.9 Å². The number of hydrogen-bond donors (Lipinski definition) is 1. The minimum absolute atomic E-state index is 0.108. The molecular formula is C18H21NO3. The maximum absolute atomic E-state index is 10.3. The first-order valence-corrected chi connectivity index (χ1v) is 7.49. The Kier molecular flexibility index (Phi) is 4.20. The number of ether oxygens (including phenoxy) is 2. The van der Waals surface area contributed by atoms with Crippen LogP contribution in [0.5, 0.6) is 17.2 Å². The fraction of sp³-hybridized carbons (Fsp3) is 0.333. The van der Waals surface area contributed by atoms with Gasteiger partial charge in [0.1, 0.15) is 11.9 Å². The van der Waals surface area contributed by atoms with Crippen molar-refractivity contribution in [1.29, 1.82) is 0 Å². The highest BCUT2D eigenvalue weighted by atomic mass is 16.5. The van der Waals surface area contributed by atoms with Crippen molar-refractivity contribution in [3.05, 3.63) is 53.6 Å². The lowest BCUT2D eigenvalue weighted by atomic mass is 10.1. The van der Waals surface area contributed by atoms with E-state index in [2.05, 4.69) is 17.9 Å². The van der Waals surface area contributed by atoms with Crippen molar-refractivity contribution < 1.29 is 14.6 Å². The van der Waals surface area contributed by atoms with Crippen LogP contribution in [0.4, 0.5) is 0 Å². The van der Waals surface area contributed by atoms with E-state index >= 15 is 0 Å². The Morgan fingerprint density at radius 2 is 2.05 bits per heavy atom. The summed E-state index contributed by atoms with van der Waals surface area (Å²) in [5, 5.41) is 10.3. The molecular weight excluding hydrogens is 278 g/mol. The van der Waals surface area contributed by atoms with Gasteiger partial charge in [-0.2, -0.15) is 0 Å². The predicted molar refractivity (Wildman–Crippen MR) is 85.3 cm³/mol. The van der Waals surface area contributed by atoms with E-state index in [1.165, 1.54) is 5.56 Å². The van der Waals surface area contributed by atoms with Gasteiger partial charge in [-0.25, -0.2) is 0 Å². The smallest absolute Gasteiger partial charge is 0.162 e. The van der Waals surface area contributed by atoms with Gasteiger partial charge < -0.3 is 14.6 Å². The highest BCUT2D eigenvalue weighted by Crippen LogP contribution is 2.32. The van der Waals surface area contributed by atoms with E-state index in [0.717, 1.165) is 24.4 Å². The second-order valence-electron chi connectivity index (χ2n) is 5.67. The van der Waals surface area contributed by atoms with Crippen LogP contribution in [0, 0.1) is 0 Å². The molecule has 1 N–H and O–H groups in total. The lowest BCUT2D eigenvalue weighted by Crippen LogP contribution is -2.30. The van der Waals surface area contributed by atoms with E-state index in [1.54, 1.807) is 13.2 Å². The molecule has 0 spiro atoms. The number of nitrogens with zero attached hydrogens (tertiary/aromatic N) is 1. The van der Waals surface area contributed by atoms with Crippen molar-refractivity contribution in [2.24, 2.45) is 0 Å². The summed E-state index contributed by atoms with van der Waals surface area (Å²) in [5.74, 6) is 1.68. The predicted octanol–water partition coefficient (Wildman–Crippen LogP) is 3.18. The molecule has 1 aliphatic heterocycles. The number of phenolic OH excluding ortho intramolecular Hbond substituents is 1. The summed E-state index contributed by atoms with van der Waals surface area (Å²) in [6, 6.07) is 13.7. The maximum Gasteiger partial charge on any atom is 0.162 e. The zero-order valence-electron chi connectivity index (χ0n) is 13.0. The molecule has 0 saturated heterocycles. The molecule has 0 radical (unpaired) electrons. The van der Waals surface area contributed by atoms with Crippen molar-refractivity contribution >= 4 is 0 Å². The Morgan fingerprint density at radius 3 is 2.86 bits per heavy atom. The van der Waals surface area contributed by atoms with Gasteiger partial charge in [-0.15, -0.1) is 0 Å². The van der Waals surface area contributed by atoms with Crippen molar-refractivity contribution in [2.75, 3.05) is 13.7 Å². The summed E-state index contributed by atoms with van der Waals surface area (Å²) in [5.41, 5.74) is 2.04.